The zero-order valence-electron chi connectivity index (χ0n) is 13.5. The highest BCUT2D eigenvalue weighted by molar-refractivity contribution is 7.71. The fourth-order valence-electron chi connectivity index (χ4n) is 2.84. The van der Waals surface area contributed by atoms with Crippen molar-refractivity contribution in [3.63, 3.8) is 0 Å². The summed E-state index contributed by atoms with van der Waals surface area (Å²) in [6.07, 6.45) is 0.662. The number of aromatic amines is 1. The van der Waals surface area contributed by atoms with Crippen LogP contribution in [0.15, 0.2) is 42.5 Å². The normalized spacial score (nSPS) is 12.1. The highest BCUT2D eigenvalue weighted by Gasteiger charge is 2.23. The van der Waals surface area contributed by atoms with E-state index in [1.807, 2.05) is 49.4 Å². The number of nitrogens with one attached hydrogen (secondary N) is 1. The number of hydrogen-bond acceptors (Lipinski definition) is 4. The predicted molar refractivity (Wildman–Crippen MR) is 100 cm³/mol. The maximum atomic E-state index is 6.11. The van der Waals surface area contributed by atoms with E-state index in [1.165, 1.54) is 0 Å². The van der Waals surface area contributed by atoms with E-state index in [-0.39, 0.29) is 0 Å². The molecule has 3 aromatic rings. The fourth-order valence-corrected chi connectivity index (χ4v) is 3.22. The topological polar surface area (TPSA) is 47.1 Å². The van der Waals surface area contributed by atoms with Gasteiger partial charge in [0.2, 0.25) is 5.88 Å². The second-order valence-electron chi connectivity index (χ2n) is 5.66. The lowest BCUT2D eigenvalue weighted by Crippen LogP contribution is -2.09. The molecule has 126 valence electrons. The molecule has 0 spiro atoms. The summed E-state index contributed by atoms with van der Waals surface area (Å²) in [5.41, 5.74) is 2.82. The number of ether oxygens (including phenoxy) is 2. The van der Waals surface area contributed by atoms with Gasteiger partial charge in [0.05, 0.1) is 12.2 Å². The largest absolute Gasteiger partial charge is 0.490 e. The smallest absolute Gasteiger partial charge is 0.205 e. The van der Waals surface area contributed by atoms with Crippen molar-refractivity contribution in [3.8, 4) is 28.8 Å². The van der Waals surface area contributed by atoms with Gasteiger partial charge in [-0.15, -0.1) is 0 Å². The van der Waals surface area contributed by atoms with E-state index in [0.29, 0.717) is 34.4 Å². The summed E-state index contributed by atoms with van der Waals surface area (Å²) < 4.78 is 12.3. The Bertz CT molecular complexity index is 999. The highest BCUT2D eigenvalue weighted by Crippen LogP contribution is 2.42. The first-order valence-electron chi connectivity index (χ1n) is 7.97. The molecule has 1 aliphatic rings. The summed E-state index contributed by atoms with van der Waals surface area (Å²) >= 11 is 11.5. The molecule has 4 rings (SSSR count). The summed E-state index contributed by atoms with van der Waals surface area (Å²) in [5.74, 6) is 2.73. The number of rotatable bonds is 3. The summed E-state index contributed by atoms with van der Waals surface area (Å²) in [5, 5.41) is 0.673. The maximum Gasteiger partial charge on any atom is 0.205 e. The zero-order valence-corrected chi connectivity index (χ0v) is 15.1. The van der Waals surface area contributed by atoms with Crippen LogP contribution in [0.25, 0.3) is 11.4 Å². The quantitative estimate of drug-likeness (QED) is 0.480. The van der Waals surface area contributed by atoms with Gasteiger partial charge in [0, 0.05) is 22.6 Å². The van der Waals surface area contributed by atoms with Gasteiger partial charge in [-0.2, -0.15) is 0 Å². The minimum Gasteiger partial charge on any atom is -0.490 e. The first kappa shape index (κ1) is 16.1. The number of nitrogens with zero attached hydrogens (tertiary/aromatic N) is 1. The SMILES string of the molecule is CCOc1cccc2c1Oc1[nH]c(-c3ccc(Cl)cc3)nc(=S)c1C2. The Morgan fingerprint density at radius 3 is 2.80 bits per heavy atom. The molecule has 0 atom stereocenters. The Hall–Kier alpha value is -2.37. The molecule has 1 aromatic heterocycles. The minimum atomic E-state index is 0.533. The van der Waals surface area contributed by atoms with Crippen molar-refractivity contribution in [1.82, 2.24) is 9.97 Å². The molecule has 2 aromatic carbocycles. The lowest BCUT2D eigenvalue weighted by atomic mass is 10.0. The Labute approximate surface area is 155 Å². The van der Waals surface area contributed by atoms with Crippen LogP contribution in [0.4, 0.5) is 0 Å². The molecule has 0 amide bonds. The molecule has 1 N–H and O–H groups in total. The molecular weight excluding hydrogens is 356 g/mol. The number of benzene rings is 2. The molecule has 6 heteroatoms. The number of fused-ring (bicyclic) bond motifs is 2. The Kier molecular flexibility index (Phi) is 4.19. The Morgan fingerprint density at radius 2 is 2.04 bits per heavy atom. The van der Waals surface area contributed by atoms with Crippen LogP contribution in [-0.2, 0) is 6.42 Å². The van der Waals surface area contributed by atoms with Crippen LogP contribution in [0, 0.1) is 4.64 Å². The van der Waals surface area contributed by atoms with Crippen LogP contribution in [0.3, 0.4) is 0 Å². The molecule has 4 nitrogen and oxygen atoms in total. The molecule has 1 aliphatic heterocycles. The van der Waals surface area contributed by atoms with Crippen LogP contribution in [0.5, 0.6) is 17.4 Å². The van der Waals surface area contributed by atoms with Gasteiger partial charge in [-0.1, -0.05) is 36.0 Å². The van der Waals surface area contributed by atoms with Crippen LogP contribution >= 0.6 is 23.8 Å². The molecule has 0 bridgehead atoms. The molecule has 0 saturated carbocycles. The number of para-hydroxylation sites is 1. The summed E-state index contributed by atoms with van der Waals surface area (Å²) in [4.78, 5) is 7.78. The van der Waals surface area contributed by atoms with Crippen LogP contribution < -0.4 is 9.47 Å². The standard InChI is InChI=1S/C19H15ClN2O2S/c1-2-23-15-5-3-4-12-10-14-18(24-16(12)15)21-17(22-19(14)25)11-6-8-13(20)9-7-11/h3-9H,2,10H2,1H3,(H,21,22,25). The van der Waals surface area contributed by atoms with Gasteiger partial charge in [0.25, 0.3) is 0 Å². The van der Waals surface area contributed by atoms with E-state index in [4.69, 9.17) is 33.3 Å². The monoisotopic (exact) mass is 370 g/mol. The number of halogens is 1. The van der Waals surface area contributed by atoms with Crippen molar-refractivity contribution in [1.29, 1.82) is 0 Å². The van der Waals surface area contributed by atoms with Gasteiger partial charge in [-0.3, -0.25) is 0 Å². The van der Waals surface area contributed by atoms with Gasteiger partial charge in [0.1, 0.15) is 10.5 Å². The van der Waals surface area contributed by atoms with E-state index < -0.39 is 0 Å². The molecule has 0 unspecified atom stereocenters. The molecule has 25 heavy (non-hydrogen) atoms. The average molecular weight is 371 g/mol. The summed E-state index contributed by atoms with van der Waals surface area (Å²) in [6.45, 7) is 2.53. The lowest BCUT2D eigenvalue weighted by molar-refractivity contribution is 0.315. The predicted octanol–water partition coefficient (Wildman–Crippen LogP) is 5.55. The van der Waals surface area contributed by atoms with Gasteiger partial charge in [-0.05, 0) is 37.3 Å². The minimum absolute atomic E-state index is 0.533. The van der Waals surface area contributed by atoms with Crippen LogP contribution in [0.2, 0.25) is 5.02 Å². The highest BCUT2D eigenvalue weighted by atomic mass is 35.5. The Balaban J connectivity index is 1.79. The van der Waals surface area contributed by atoms with Crippen molar-refractivity contribution >= 4 is 23.8 Å². The van der Waals surface area contributed by atoms with E-state index in [0.717, 1.165) is 28.2 Å². The molecule has 0 aliphatic carbocycles. The van der Waals surface area contributed by atoms with Crippen molar-refractivity contribution in [2.24, 2.45) is 0 Å². The van der Waals surface area contributed by atoms with Gasteiger partial charge in [0.15, 0.2) is 11.5 Å². The van der Waals surface area contributed by atoms with Gasteiger partial charge >= 0.3 is 0 Å². The third-order valence-corrected chi connectivity index (χ3v) is 4.62. The number of hydrogen-bond donors (Lipinski definition) is 1. The fraction of sp³-hybridized carbons (Fsp3) is 0.158. The van der Waals surface area contributed by atoms with Crippen molar-refractivity contribution in [2.45, 2.75) is 13.3 Å². The maximum absolute atomic E-state index is 6.11. The zero-order chi connectivity index (χ0) is 17.4. The average Bonchev–Trinajstić information content (AvgIpc) is 2.62. The third-order valence-electron chi connectivity index (χ3n) is 4.03. The molecule has 0 saturated heterocycles. The Morgan fingerprint density at radius 1 is 1.24 bits per heavy atom. The molecular formula is C19H15ClN2O2S. The lowest BCUT2D eigenvalue weighted by Gasteiger charge is -2.22. The second kappa shape index (κ2) is 6.50. The first-order chi connectivity index (χ1) is 12.2. The van der Waals surface area contributed by atoms with Crippen LogP contribution in [0.1, 0.15) is 18.1 Å². The van der Waals surface area contributed by atoms with Crippen LogP contribution in [-0.4, -0.2) is 16.6 Å². The van der Waals surface area contributed by atoms with Gasteiger partial charge in [-0.25, -0.2) is 4.98 Å². The van der Waals surface area contributed by atoms with Crippen molar-refractivity contribution in [2.75, 3.05) is 6.61 Å². The van der Waals surface area contributed by atoms with Crippen molar-refractivity contribution < 1.29 is 9.47 Å². The first-order valence-corrected chi connectivity index (χ1v) is 8.76. The van der Waals surface area contributed by atoms with Crippen molar-refractivity contribution in [3.05, 3.63) is 63.3 Å². The van der Waals surface area contributed by atoms with E-state index in [1.54, 1.807) is 0 Å². The summed E-state index contributed by atoms with van der Waals surface area (Å²) in [6, 6.07) is 13.3. The second-order valence-corrected chi connectivity index (χ2v) is 6.48. The van der Waals surface area contributed by atoms with E-state index in [2.05, 4.69) is 9.97 Å². The number of H-pyrrole nitrogens is 1. The molecule has 0 radical (unpaired) electrons. The van der Waals surface area contributed by atoms with Gasteiger partial charge < -0.3 is 14.5 Å². The molecule has 0 fully saturated rings. The summed E-state index contributed by atoms with van der Waals surface area (Å²) in [7, 11) is 0. The van der Waals surface area contributed by atoms with E-state index >= 15 is 0 Å². The molecule has 2 heterocycles. The number of aromatic nitrogens is 2. The third kappa shape index (κ3) is 3.01. The van der Waals surface area contributed by atoms with E-state index in [9.17, 15) is 0 Å².